The van der Waals surface area contributed by atoms with Crippen LogP contribution in [0, 0.1) is 12.8 Å². The van der Waals surface area contributed by atoms with E-state index < -0.39 is 0 Å². The Morgan fingerprint density at radius 3 is 2.81 bits per heavy atom. The van der Waals surface area contributed by atoms with Crippen LogP contribution >= 0.6 is 11.3 Å². The number of aryl methyl sites for hydroxylation is 1. The molecule has 32 heavy (non-hydrogen) atoms. The summed E-state index contributed by atoms with van der Waals surface area (Å²) >= 11 is 1.53. The van der Waals surface area contributed by atoms with E-state index in [0.29, 0.717) is 13.1 Å². The lowest BCUT2D eigenvalue weighted by molar-refractivity contribution is -0.152. The number of hydrogen-bond donors (Lipinski definition) is 1. The molecule has 0 aromatic carbocycles. The van der Waals surface area contributed by atoms with Crippen molar-refractivity contribution in [2.75, 3.05) is 6.54 Å². The second kappa shape index (κ2) is 9.27. The van der Waals surface area contributed by atoms with Crippen LogP contribution in [0.25, 0.3) is 11.3 Å². The van der Waals surface area contributed by atoms with Gasteiger partial charge in [0.15, 0.2) is 0 Å². The van der Waals surface area contributed by atoms with E-state index in [2.05, 4.69) is 15.3 Å². The van der Waals surface area contributed by atoms with Crippen LogP contribution in [0.4, 0.5) is 0 Å². The van der Waals surface area contributed by atoms with Gasteiger partial charge in [-0.15, -0.1) is 11.3 Å². The van der Waals surface area contributed by atoms with Crippen molar-refractivity contribution in [1.82, 2.24) is 20.2 Å². The molecule has 0 saturated carbocycles. The third kappa shape index (κ3) is 5.02. The molecule has 2 saturated heterocycles. The average molecular weight is 457 g/mol. The summed E-state index contributed by atoms with van der Waals surface area (Å²) in [6, 6.07) is 3.82. The maximum atomic E-state index is 13.1. The predicted molar refractivity (Wildman–Crippen MR) is 124 cm³/mol. The van der Waals surface area contributed by atoms with Crippen molar-refractivity contribution < 1.29 is 14.3 Å². The molecule has 2 fully saturated rings. The number of rotatable bonds is 5. The molecule has 0 aliphatic carbocycles. The average Bonchev–Trinajstić information content (AvgIpc) is 3.38. The van der Waals surface area contributed by atoms with Crippen molar-refractivity contribution in [3.8, 4) is 11.3 Å². The Hall–Kier alpha value is -2.32. The summed E-state index contributed by atoms with van der Waals surface area (Å²) in [6.07, 6.45) is 4.66. The third-order valence-corrected chi connectivity index (χ3v) is 7.37. The van der Waals surface area contributed by atoms with E-state index in [-0.39, 0.29) is 35.5 Å². The number of thiazole rings is 1. The zero-order chi connectivity index (χ0) is 22.9. The topological polar surface area (TPSA) is 84.4 Å². The summed E-state index contributed by atoms with van der Waals surface area (Å²) < 4.78 is 5.96. The normalized spacial score (nSPS) is 25.0. The fraction of sp³-hybridized carbons (Fsp3) is 0.583. The van der Waals surface area contributed by atoms with Gasteiger partial charge in [-0.3, -0.25) is 14.6 Å². The van der Waals surface area contributed by atoms with Crippen LogP contribution in [-0.4, -0.2) is 51.0 Å². The van der Waals surface area contributed by atoms with Gasteiger partial charge in [-0.1, -0.05) is 0 Å². The lowest BCUT2D eigenvalue weighted by Gasteiger charge is -2.39. The molecule has 3 atom stereocenters. The zero-order valence-electron chi connectivity index (χ0n) is 19.3. The van der Waals surface area contributed by atoms with E-state index in [1.54, 1.807) is 0 Å². The van der Waals surface area contributed by atoms with Gasteiger partial charge in [0.1, 0.15) is 11.1 Å². The van der Waals surface area contributed by atoms with Gasteiger partial charge >= 0.3 is 0 Å². The second-order valence-electron chi connectivity index (χ2n) is 9.46. The maximum Gasteiger partial charge on any atom is 0.251 e. The standard InChI is InChI=1S/C24H32N4O3S/c1-15-7-8-17(12-25-15)19-14-32-21(27-19)13-26-22(29)18-6-5-11-28(16(18)2)23(30)20-9-10-24(3,4)31-20/h7-8,12,14,16,18,20H,5-6,9-11,13H2,1-4H3,(H,26,29)/t16-,18-,20?/m0/s1. The summed E-state index contributed by atoms with van der Waals surface area (Å²) in [5.41, 5.74) is 2.55. The number of nitrogens with one attached hydrogen (secondary N) is 1. The largest absolute Gasteiger partial charge is 0.363 e. The number of carbonyl (C=O) groups is 2. The summed E-state index contributed by atoms with van der Waals surface area (Å²) in [5, 5.41) is 5.88. The van der Waals surface area contributed by atoms with Gasteiger partial charge in [0, 0.05) is 35.4 Å². The summed E-state index contributed by atoms with van der Waals surface area (Å²) in [7, 11) is 0. The monoisotopic (exact) mass is 456 g/mol. The van der Waals surface area contributed by atoms with Crippen LogP contribution in [0.2, 0.25) is 0 Å². The van der Waals surface area contributed by atoms with E-state index in [1.807, 2.05) is 56.3 Å². The highest BCUT2D eigenvalue weighted by Crippen LogP contribution is 2.33. The molecule has 8 heteroatoms. The van der Waals surface area contributed by atoms with Gasteiger partial charge < -0.3 is 15.0 Å². The van der Waals surface area contributed by atoms with Crippen molar-refractivity contribution in [2.45, 2.75) is 77.7 Å². The molecular formula is C24H32N4O3S. The minimum Gasteiger partial charge on any atom is -0.363 e. The number of ether oxygens (including phenoxy) is 1. The van der Waals surface area contributed by atoms with Crippen LogP contribution in [0.3, 0.4) is 0 Å². The molecule has 0 bridgehead atoms. The number of aromatic nitrogens is 2. The molecule has 0 radical (unpaired) electrons. The molecule has 2 aromatic heterocycles. The molecule has 2 aliphatic rings. The van der Waals surface area contributed by atoms with Crippen LogP contribution < -0.4 is 5.32 Å². The predicted octanol–water partition coefficient (Wildman–Crippen LogP) is 3.71. The Bertz CT molecular complexity index is 972. The molecule has 2 aliphatic heterocycles. The fourth-order valence-electron chi connectivity index (χ4n) is 4.58. The second-order valence-corrected chi connectivity index (χ2v) is 10.4. The van der Waals surface area contributed by atoms with Crippen molar-refractivity contribution >= 4 is 23.2 Å². The number of carbonyl (C=O) groups excluding carboxylic acids is 2. The van der Waals surface area contributed by atoms with Crippen molar-refractivity contribution in [2.24, 2.45) is 5.92 Å². The highest BCUT2D eigenvalue weighted by atomic mass is 32.1. The lowest BCUT2D eigenvalue weighted by atomic mass is 9.89. The first-order chi connectivity index (χ1) is 15.2. The van der Waals surface area contributed by atoms with E-state index in [1.165, 1.54) is 11.3 Å². The summed E-state index contributed by atoms with van der Waals surface area (Å²) in [6.45, 7) is 9.05. The summed E-state index contributed by atoms with van der Waals surface area (Å²) in [5.74, 6) is -0.212. The Kier molecular flexibility index (Phi) is 6.62. The number of pyridine rings is 1. The van der Waals surface area contributed by atoms with Crippen molar-refractivity contribution in [3.05, 3.63) is 34.4 Å². The van der Waals surface area contributed by atoms with Crippen LogP contribution in [0.5, 0.6) is 0 Å². The number of amides is 2. The quantitative estimate of drug-likeness (QED) is 0.741. The molecule has 172 valence electrons. The Labute approximate surface area is 193 Å². The van der Waals surface area contributed by atoms with Gasteiger partial charge in [0.25, 0.3) is 5.91 Å². The van der Waals surface area contributed by atoms with Gasteiger partial charge in [-0.05, 0) is 65.5 Å². The smallest absolute Gasteiger partial charge is 0.251 e. The minimum atomic E-state index is -0.390. The first-order valence-corrected chi connectivity index (χ1v) is 12.2. The van der Waals surface area contributed by atoms with E-state index in [9.17, 15) is 9.59 Å². The molecule has 0 spiro atoms. The SMILES string of the molecule is Cc1ccc(-c2csc(CNC(=O)[C@H]3CCCN(C(=O)C4CCC(C)(C)O4)[C@H]3C)n2)cn1. The number of likely N-dealkylation sites (tertiary alicyclic amines) is 1. The molecule has 7 nitrogen and oxygen atoms in total. The van der Waals surface area contributed by atoms with Crippen molar-refractivity contribution in [3.63, 3.8) is 0 Å². The molecule has 1 unspecified atom stereocenters. The van der Waals surface area contributed by atoms with Gasteiger partial charge in [0.2, 0.25) is 5.91 Å². The zero-order valence-corrected chi connectivity index (χ0v) is 20.1. The van der Waals surface area contributed by atoms with Crippen LogP contribution in [0.1, 0.15) is 57.2 Å². The number of nitrogens with zero attached hydrogens (tertiary/aromatic N) is 3. The van der Waals surface area contributed by atoms with E-state index in [0.717, 1.165) is 47.6 Å². The minimum absolute atomic E-state index is 0.0172. The number of hydrogen-bond acceptors (Lipinski definition) is 6. The number of piperidine rings is 1. The third-order valence-electron chi connectivity index (χ3n) is 6.53. The maximum absolute atomic E-state index is 13.1. The van der Waals surface area contributed by atoms with Crippen molar-refractivity contribution in [1.29, 1.82) is 0 Å². The first kappa shape index (κ1) is 22.9. The lowest BCUT2D eigenvalue weighted by Crippen LogP contribution is -2.54. The summed E-state index contributed by atoms with van der Waals surface area (Å²) in [4.78, 5) is 36.8. The van der Waals surface area contributed by atoms with Gasteiger partial charge in [-0.25, -0.2) is 4.98 Å². The Balaban J connectivity index is 1.34. The molecule has 2 aromatic rings. The first-order valence-electron chi connectivity index (χ1n) is 11.4. The molecule has 4 rings (SSSR count). The van der Waals surface area contributed by atoms with Gasteiger partial charge in [-0.2, -0.15) is 0 Å². The molecular weight excluding hydrogens is 424 g/mol. The fourth-order valence-corrected chi connectivity index (χ4v) is 5.33. The highest BCUT2D eigenvalue weighted by molar-refractivity contribution is 7.09. The Morgan fingerprint density at radius 1 is 1.31 bits per heavy atom. The Morgan fingerprint density at radius 2 is 2.12 bits per heavy atom. The molecule has 1 N–H and O–H groups in total. The van der Waals surface area contributed by atoms with E-state index >= 15 is 0 Å². The van der Waals surface area contributed by atoms with Crippen LogP contribution in [0.15, 0.2) is 23.7 Å². The van der Waals surface area contributed by atoms with Crippen LogP contribution in [-0.2, 0) is 20.9 Å². The van der Waals surface area contributed by atoms with E-state index in [4.69, 9.17) is 4.74 Å². The molecule has 2 amide bonds. The molecule has 4 heterocycles. The highest BCUT2D eigenvalue weighted by Gasteiger charge is 2.42. The van der Waals surface area contributed by atoms with Gasteiger partial charge in [0.05, 0.1) is 23.8 Å².